The Morgan fingerprint density at radius 2 is 2.05 bits per heavy atom. The van der Waals surface area contributed by atoms with Crippen LogP contribution in [0, 0.1) is 10.1 Å². The Bertz CT molecular complexity index is 444. The van der Waals surface area contributed by atoms with Crippen molar-refractivity contribution in [3.63, 3.8) is 0 Å². The molecule has 1 aromatic carbocycles. The van der Waals surface area contributed by atoms with Gasteiger partial charge in [-0.1, -0.05) is 51.2 Å². The molecule has 0 radical (unpaired) electrons. The van der Waals surface area contributed by atoms with Crippen LogP contribution in [0.4, 0.5) is 5.69 Å². The molecule has 0 saturated heterocycles. The number of nitro groups is 1. The van der Waals surface area contributed by atoms with Crippen LogP contribution in [-0.2, 0) is 0 Å². The van der Waals surface area contributed by atoms with Crippen molar-refractivity contribution in [3.05, 3.63) is 39.9 Å². The summed E-state index contributed by atoms with van der Waals surface area (Å²) < 4.78 is 0. The Morgan fingerprint density at radius 1 is 1.30 bits per heavy atom. The molecule has 0 saturated carbocycles. The standard InChI is InChI=1S/C16H24N2O2/c1-3-4-5-6-7-9-14(2)17-13-15-10-8-11-16(12-15)18(19)20/h8,10-14H,3-7,9H2,1-2H3. The Balaban J connectivity index is 2.39. The lowest BCUT2D eigenvalue weighted by atomic mass is 10.1. The Labute approximate surface area is 121 Å². The SMILES string of the molecule is CCCCCCCC(C)N=Cc1cccc([N+](=O)[O-])c1. The van der Waals surface area contributed by atoms with Crippen LogP contribution in [0.1, 0.15) is 57.9 Å². The first-order valence-electron chi connectivity index (χ1n) is 7.41. The van der Waals surface area contributed by atoms with Gasteiger partial charge in [0.1, 0.15) is 0 Å². The Kier molecular flexibility index (Phi) is 7.55. The van der Waals surface area contributed by atoms with Crippen molar-refractivity contribution in [3.8, 4) is 0 Å². The summed E-state index contributed by atoms with van der Waals surface area (Å²) in [4.78, 5) is 14.8. The van der Waals surface area contributed by atoms with Gasteiger partial charge in [-0.25, -0.2) is 0 Å². The maximum absolute atomic E-state index is 10.7. The van der Waals surface area contributed by atoms with Gasteiger partial charge in [0, 0.05) is 24.4 Å². The van der Waals surface area contributed by atoms with Gasteiger partial charge < -0.3 is 0 Å². The fraction of sp³-hybridized carbons (Fsp3) is 0.562. The molecule has 20 heavy (non-hydrogen) atoms. The first-order valence-corrected chi connectivity index (χ1v) is 7.41. The van der Waals surface area contributed by atoms with Crippen molar-refractivity contribution in [2.24, 2.45) is 4.99 Å². The zero-order chi connectivity index (χ0) is 14.8. The van der Waals surface area contributed by atoms with Crippen LogP contribution in [0.3, 0.4) is 0 Å². The van der Waals surface area contributed by atoms with Crippen LogP contribution in [0.15, 0.2) is 29.3 Å². The second-order valence-corrected chi connectivity index (χ2v) is 5.18. The minimum Gasteiger partial charge on any atom is -0.290 e. The van der Waals surface area contributed by atoms with Crippen LogP contribution < -0.4 is 0 Å². The molecule has 1 unspecified atom stereocenters. The third-order valence-corrected chi connectivity index (χ3v) is 3.28. The largest absolute Gasteiger partial charge is 0.290 e. The fourth-order valence-electron chi connectivity index (χ4n) is 2.05. The molecule has 1 atom stereocenters. The lowest BCUT2D eigenvalue weighted by Crippen LogP contribution is -1.99. The Morgan fingerprint density at radius 3 is 2.75 bits per heavy atom. The summed E-state index contributed by atoms with van der Waals surface area (Å²) >= 11 is 0. The summed E-state index contributed by atoms with van der Waals surface area (Å²) in [5.74, 6) is 0. The van der Waals surface area contributed by atoms with E-state index >= 15 is 0 Å². The normalized spacial score (nSPS) is 12.7. The molecule has 0 heterocycles. The number of unbranched alkanes of at least 4 members (excludes halogenated alkanes) is 4. The summed E-state index contributed by atoms with van der Waals surface area (Å²) in [5.41, 5.74) is 0.901. The quantitative estimate of drug-likeness (QED) is 0.282. The fourth-order valence-corrected chi connectivity index (χ4v) is 2.05. The van der Waals surface area contributed by atoms with Crippen molar-refractivity contribution in [2.75, 3.05) is 0 Å². The maximum atomic E-state index is 10.7. The van der Waals surface area contributed by atoms with Crippen molar-refractivity contribution >= 4 is 11.9 Å². The monoisotopic (exact) mass is 276 g/mol. The molecular formula is C16H24N2O2. The second kappa shape index (κ2) is 9.23. The molecule has 0 aromatic heterocycles. The molecular weight excluding hydrogens is 252 g/mol. The summed E-state index contributed by atoms with van der Waals surface area (Å²) in [6.45, 7) is 4.31. The number of benzene rings is 1. The van der Waals surface area contributed by atoms with Gasteiger partial charge in [0.25, 0.3) is 5.69 Å². The Hall–Kier alpha value is -1.71. The number of nitrogens with zero attached hydrogens (tertiary/aromatic N) is 2. The summed E-state index contributed by atoms with van der Waals surface area (Å²) in [6.07, 6.45) is 9.17. The van der Waals surface area contributed by atoms with Gasteiger partial charge in [-0.05, 0) is 18.9 Å². The van der Waals surface area contributed by atoms with Crippen molar-refractivity contribution in [2.45, 2.75) is 58.4 Å². The molecule has 0 aliphatic rings. The number of rotatable bonds is 9. The molecule has 4 heteroatoms. The number of nitro benzene ring substituents is 1. The predicted octanol–water partition coefficient (Wildman–Crippen LogP) is 4.76. The maximum Gasteiger partial charge on any atom is 0.270 e. The third kappa shape index (κ3) is 6.45. The van der Waals surface area contributed by atoms with Crippen LogP contribution in [0.25, 0.3) is 0 Å². The third-order valence-electron chi connectivity index (χ3n) is 3.28. The molecule has 110 valence electrons. The highest BCUT2D eigenvalue weighted by Gasteiger charge is 2.04. The molecule has 0 spiro atoms. The highest BCUT2D eigenvalue weighted by atomic mass is 16.6. The van der Waals surface area contributed by atoms with E-state index in [9.17, 15) is 10.1 Å². The van der Waals surface area contributed by atoms with Gasteiger partial charge in [0.2, 0.25) is 0 Å². The van der Waals surface area contributed by atoms with Crippen molar-refractivity contribution in [1.29, 1.82) is 0 Å². The number of aliphatic imine (C=N–C) groups is 1. The molecule has 1 rings (SSSR count). The zero-order valence-electron chi connectivity index (χ0n) is 12.4. The first kappa shape index (κ1) is 16.3. The van der Waals surface area contributed by atoms with Gasteiger partial charge in [0.15, 0.2) is 0 Å². The van der Waals surface area contributed by atoms with E-state index in [4.69, 9.17) is 0 Å². The molecule has 0 amide bonds. The summed E-state index contributed by atoms with van der Waals surface area (Å²) in [7, 11) is 0. The average molecular weight is 276 g/mol. The topological polar surface area (TPSA) is 55.5 Å². The summed E-state index contributed by atoms with van der Waals surface area (Å²) in [5, 5.41) is 10.7. The number of hydrogen-bond donors (Lipinski definition) is 0. The molecule has 1 aromatic rings. The minimum absolute atomic E-state index is 0.112. The minimum atomic E-state index is -0.380. The highest BCUT2D eigenvalue weighted by Crippen LogP contribution is 2.13. The molecule has 0 bridgehead atoms. The zero-order valence-corrected chi connectivity index (χ0v) is 12.4. The van der Waals surface area contributed by atoms with E-state index in [-0.39, 0.29) is 16.7 Å². The van der Waals surface area contributed by atoms with Gasteiger partial charge in [-0.2, -0.15) is 0 Å². The molecule has 0 aliphatic heterocycles. The van der Waals surface area contributed by atoms with E-state index in [0.717, 1.165) is 12.0 Å². The highest BCUT2D eigenvalue weighted by molar-refractivity contribution is 5.80. The van der Waals surface area contributed by atoms with Crippen molar-refractivity contribution < 1.29 is 4.92 Å². The number of non-ortho nitro benzene ring substituents is 1. The van der Waals surface area contributed by atoms with Gasteiger partial charge >= 0.3 is 0 Å². The second-order valence-electron chi connectivity index (χ2n) is 5.18. The van der Waals surface area contributed by atoms with Crippen LogP contribution in [0.5, 0.6) is 0 Å². The van der Waals surface area contributed by atoms with E-state index in [1.807, 2.05) is 6.07 Å². The van der Waals surface area contributed by atoms with E-state index in [1.165, 1.54) is 38.2 Å². The molecule has 4 nitrogen and oxygen atoms in total. The van der Waals surface area contributed by atoms with Gasteiger partial charge in [0.05, 0.1) is 4.92 Å². The lowest BCUT2D eigenvalue weighted by Gasteiger charge is -2.05. The molecule has 0 N–H and O–H groups in total. The first-order chi connectivity index (χ1) is 9.63. The van der Waals surface area contributed by atoms with Crippen molar-refractivity contribution in [1.82, 2.24) is 0 Å². The van der Waals surface area contributed by atoms with E-state index < -0.39 is 0 Å². The predicted molar refractivity (Wildman–Crippen MR) is 83.5 cm³/mol. The smallest absolute Gasteiger partial charge is 0.270 e. The van der Waals surface area contributed by atoms with Gasteiger partial charge in [-0.15, -0.1) is 0 Å². The van der Waals surface area contributed by atoms with Crippen LogP contribution in [0.2, 0.25) is 0 Å². The van der Waals surface area contributed by atoms with Crippen LogP contribution >= 0.6 is 0 Å². The lowest BCUT2D eigenvalue weighted by molar-refractivity contribution is -0.384. The van der Waals surface area contributed by atoms with E-state index in [1.54, 1.807) is 18.3 Å². The number of hydrogen-bond acceptors (Lipinski definition) is 3. The molecule has 0 fully saturated rings. The van der Waals surface area contributed by atoms with E-state index in [2.05, 4.69) is 18.8 Å². The summed E-state index contributed by atoms with van der Waals surface area (Å²) in [6, 6.07) is 6.85. The van der Waals surface area contributed by atoms with E-state index in [0.29, 0.717) is 0 Å². The average Bonchev–Trinajstić information content (AvgIpc) is 2.45. The van der Waals surface area contributed by atoms with Crippen LogP contribution in [-0.4, -0.2) is 17.2 Å². The molecule has 0 aliphatic carbocycles. The van der Waals surface area contributed by atoms with Gasteiger partial charge in [-0.3, -0.25) is 15.1 Å².